The minimum atomic E-state index is -0.941. The van der Waals surface area contributed by atoms with Crippen LogP contribution in [0, 0.1) is 11.3 Å². The lowest BCUT2D eigenvalue weighted by Crippen LogP contribution is -2.50. The third kappa shape index (κ3) is 2.64. The fourth-order valence-electron chi connectivity index (χ4n) is 4.72. The highest BCUT2D eigenvalue weighted by Gasteiger charge is 2.56. The Morgan fingerprint density at radius 3 is 2.56 bits per heavy atom. The van der Waals surface area contributed by atoms with E-state index in [9.17, 15) is 14.7 Å². The van der Waals surface area contributed by atoms with Crippen LogP contribution >= 0.6 is 0 Å². The number of phenols is 1. The summed E-state index contributed by atoms with van der Waals surface area (Å²) in [4.78, 5) is 26.4. The van der Waals surface area contributed by atoms with E-state index >= 15 is 0 Å². The maximum atomic E-state index is 13.4. The van der Waals surface area contributed by atoms with E-state index in [2.05, 4.69) is 13.2 Å². The molecule has 0 radical (unpaired) electrons. The highest BCUT2D eigenvalue weighted by atomic mass is 16.3. The van der Waals surface area contributed by atoms with Crippen molar-refractivity contribution in [2.45, 2.75) is 39.5 Å². The zero-order valence-corrected chi connectivity index (χ0v) is 16.2. The molecule has 1 aromatic rings. The molecule has 3 nitrogen and oxygen atoms in total. The number of carbonyl (C=O) groups is 2. The number of para-hydroxylation sites is 1. The van der Waals surface area contributed by atoms with Crippen molar-refractivity contribution in [3.63, 3.8) is 0 Å². The number of hydrogen-bond acceptors (Lipinski definition) is 3. The molecule has 0 unspecified atom stereocenters. The van der Waals surface area contributed by atoms with Gasteiger partial charge in [0.1, 0.15) is 5.75 Å². The first-order valence-electron chi connectivity index (χ1n) is 9.29. The predicted molar refractivity (Wildman–Crippen MR) is 108 cm³/mol. The van der Waals surface area contributed by atoms with Gasteiger partial charge >= 0.3 is 0 Å². The summed E-state index contributed by atoms with van der Waals surface area (Å²) in [7, 11) is 0. The van der Waals surface area contributed by atoms with E-state index in [0.717, 1.165) is 11.1 Å². The lowest BCUT2D eigenvalue weighted by atomic mass is 9.52. The fraction of sp³-hybridized carbons (Fsp3) is 0.333. The van der Waals surface area contributed by atoms with Crippen molar-refractivity contribution in [1.29, 1.82) is 0 Å². The summed E-state index contributed by atoms with van der Waals surface area (Å²) in [6.07, 6.45) is 6.51. The summed E-state index contributed by atoms with van der Waals surface area (Å²) in [6, 6.07) is 5.57. The van der Waals surface area contributed by atoms with Crippen molar-refractivity contribution in [1.82, 2.24) is 0 Å². The average molecular weight is 362 g/mol. The van der Waals surface area contributed by atoms with Gasteiger partial charge in [-0.25, -0.2) is 0 Å². The highest BCUT2D eigenvalue weighted by Crippen LogP contribution is 2.57. The second-order valence-electron chi connectivity index (χ2n) is 7.70. The molecule has 0 bridgehead atoms. The molecule has 27 heavy (non-hydrogen) atoms. The van der Waals surface area contributed by atoms with E-state index in [4.69, 9.17) is 0 Å². The first-order valence-corrected chi connectivity index (χ1v) is 9.29. The largest absolute Gasteiger partial charge is 0.507 e. The van der Waals surface area contributed by atoms with Crippen molar-refractivity contribution in [3.8, 4) is 5.75 Å². The number of hydrogen-bond donors (Lipinski definition) is 1. The second kappa shape index (κ2) is 6.80. The molecule has 140 valence electrons. The van der Waals surface area contributed by atoms with Gasteiger partial charge in [-0.05, 0) is 49.0 Å². The van der Waals surface area contributed by atoms with Gasteiger partial charge in [-0.3, -0.25) is 9.59 Å². The number of fused-ring (bicyclic) bond motifs is 1. The number of carbonyl (C=O) groups excluding carboxylic acids is 2. The van der Waals surface area contributed by atoms with Gasteiger partial charge in [-0.15, -0.1) is 6.58 Å². The van der Waals surface area contributed by atoms with Crippen LogP contribution in [0.25, 0.3) is 0 Å². The van der Waals surface area contributed by atoms with Crippen molar-refractivity contribution in [3.05, 3.63) is 77.4 Å². The summed E-state index contributed by atoms with van der Waals surface area (Å²) in [5.41, 5.74) is 2.45. The van der Waals surface area contributed by atoms with E-state index in [1.54, 1.807) is 26.0 Å². The Morgan fingerprint density at radius 1 is 1.22 bits per heavy atom. The number of ketones is 2. The Balaban J connectivity index is 2.28. The van der Waals surface area contributed by atoms with Crippen LogP contribution in [0.4, 0.5) is 0 Å². The van der Waals surface area contributed by atoms with E-state index in [-0.39, 0.29) is 17.3 Å². The Morgan fingerprint density at radius 2 is 1.93 bits per heavy atom. The van der Waals surface area contributed by atoms with E-state index in [1.807, 2.05) is 31.2 Å². The minimum absolute atomic E-state index is 0.0180. The van der Waals surface area contributed by atoms with Crippen LogP contribution in [-0.2, 0) is 16.0 Å². The fourth-order valence-corrected chi connectivity index (χ4v) is 4.72. The van der Waals surface area contributed by atoms with Gasteiger partial charge in [0, 0.05) is 17.4 Å². The van der Waals surface area contributed by atoms with E-state index < -0.39 is 17.3 Å². The predicted octanol–water partition coefficient (Wildman–Crippen LogP) is 4.83. The average Bonchev–Trinajstić information content (AvgIpc) is 2.66. The zero-order valence-electron chi connectivity index (χ0n) is 16.2. The van der Waals surface area contributed by atoms with Gasteiger partial charge in [0.15, 0.2) is 11.6 Å². The summed E-state index contributed by atoms with van der Waals surface area (Å²) < 4.78 is 0. The molecule has 0 saturated carbocycles. The van der Waals surface area contributed by atoms with Crippen LogP contribution < -0.4 is 0 Å². The molecule has 0 aliphatic heterocycles. The molecule has 3 rings (SSSR count). The number of benzene rings is 1. The molecule has 0 aromatic heterocycles. The smallest absolute Gasteiger partial charge is 0.166 e. The lowest BCUT2D eigenvalue weighted by Gasteiger charge is -2.48. The maximum absolute atomic E-state index is 13.4. The van der Waals surface area contributed by atoms with Gasteiger partial charge in [0.25, 0.3) is 0 Å². The molecule has 0 amide bonds. The number of rotatable bonds is 4. The third-order valence-electron chi connectivity index (χ3n) is 6.39. The maximum Gasteiger partial charge on any atom is 0.166 e. The molecule has 0 heterocycles. The molecule has 0 fully saturated rings. The van der Waals surface area contributed by atoms with Crippen LogP contribution in [0.15, 0.2) is 66.3 Å². The molecular formula is C24H26O3. The Kier molecular flexibility index (Phi) is 4.81. The number of allylic oxidation sites excluding steroid dienone is 6. The van der Waals surface area contributed by atoms with Gasteiger partial charge < -0.3 is 5.11 Å². The molecule has 1 N–H and O–H groups in total. The van der Waals surface area contributed by atoms with Crippen LogP contribution in [-0.4, -0.2) is 16.7 Å². The molecule has 2 aliphatic carbocycles. The monoisotopic (exact) mass is 362 g/mol. The summed E-state index contributed by atoms with van der Waals surface area (Å²) >= 11 is 0. The topological polar surface area (TPSA) is 54.4 Å². The van der Waals surface area contributed by atoms with Crippen LogP contribution in [0.1, 0.15) is 44.2 Å². The van der Waals surface area contributed by atoms with Gasteiger partial charge in [-0.2, -0.15) is 0 Å². The number of phenolic OH excluding ortho intramolecular Hbond substituents is 1. The minimum Gasteiger partial charge on any atom is -0.507 e. The van der Waals surface area contributed by atoms with Gasteiger partial charge in [-0.1, -0.05) is 49.9 Å². The van der Waals surface area contributed by atoms with Crippen LogP contribution in [0.3, 0.4) is 0 Å². The van der Waals surface area contributed by atoms with Gasteiger partial charge in [0.2, 0.25) is 0 Å². The zero-order chi connectivity index (χ0) is 19.9. The molecule has 3 heteroatoms. The van der Waals surface area contributed by atoms with Crippen molar-refractivity contribution in [2.75, 3.05) is 0 Å². The molecule has 0 saturated heterocycles. The first kappa shape index (κ1) is 19.1. The van der Waals surface area contributed by atoms with Crippen molar-refractivity contribution >= 4 is 11.6 Å². The third-order valence-corrected chi connectivity index (χ3v) is 6.39. The van der Waals surface area contributed by atoms with E-state index in [1.165, 1.54) is 0 Å². The van der Waals surface area contributed by atoms with Crippen LogP contribution in [0.5, 0.6) is 5.75 Å². The Bertz CT molecular complexity index is 916. The summed E-state index contributed by atoms with van der Waals surface area (Å²) in [5.74, 6) is -0.666. The quantitative estimate of drug-likeness (QED) is 0.781. The molecule has 3 atom stereocenters. The lowest BCUT2D eigenvalue weighted by molar-refractivity contribution is -0.138. The van der Waals surface area contributed by atoms with Crippen molar-refractivity contribution in [2.24, 2.45) is 11.3 Å². The summed E-state index contributed by atoms with van der Waals surface area (Å²) in [6.45, 7) is 13.0. The van der Waals surface area contributed by atoms with Crippen LogP contribution in [0.2, 0.25) is 0 Å². The number of aromatic hydroxyl groups is 1. The molecule has 1 aromatic carbocycles. The standard InChI is InChI=1S/C24H26O3/c1-6-9-17-10-8-11-18(22(17)26)20-16(7-2)12-13-19-21(25)14(3)15(4)23(27)24(19,20)5/h6-8,10-12,19-20,26H,1-2,9,13H2,3-5H3/t19-,20+,24+/m0/s1. The summed E-state index contributed by atoms with van der Waals surface area (Å²) in [5, 5.41) is 10.9. The Hall–Kier alpha value is -2.68. The molecule has 2 aliphatic rings. The second-order valence-corrected chi connectivity index (χ2v) is 7.70. The highest BCUT2D eigenvalue weighted by molar-refractivity contribution is 6.15. The first-order chi connectivity index (χ1) is 12.8. The Labute approximate surface area is 160 Å². The normalized spacial score (nSPS) is 27.9. The van der Waals surface area contributed by atoms with Gasteiger partial charge in [0.05, 0.1) is 5.41 Å². The SMILES string of the molecule is C=CCc1cccc([C@H]2C(C=C)=CC[C@H]3C(=O)C(C)=C(C)C(=O)[C@@]23C)c1O. The van der Waals surface area contributed by atoms with Crippen molar-refractivity contribution < 1.29 is 14.7 Å². The molecule has 0 spiro atoms. The molecular weight excluding hydrogens is 336 g/mol. The number of Topliss-reactive ketones (excluding diaryl/α,β-unsaturated/α-hetero) is 2. The van der Waals surface area contributed by atoms with E-state index in [0.29, 0.717) is 29.6 Å².